The number of hydrogen-bond donors (Lipinski definition) is 1. The number of ether oxygens (including phenoxy) is 3. The van der Waals surface area contributed by atoms with Crippen LogP contribution in [-0.4, -0.2) is 67.0 Å². The van der Waals surface area contributed by atoms with E-state index in [0.29, 0.717) is 47.0 Å². The highest BCUT2D eigenvalue weighted by molar-refractivity contribution is 5.96. The Morgan fingerprint density at radius 3 is 2.78 bits per heavy atom. The molecule has 0 bridgehead atoms. The van der Waals surface area contributed by atoms with Crippen molar-refractivity contribution >= 4 is 34.1 Å². The van der Waals surface area contributed by atoms with Gasteiger partial charge in [0.2, 0.25) is 6.79 Å². The first-order valence-corrected chi connectivity index (χ1v) is 11.7. The van der Waals surface area contributed by atoms with Gasteiger partial charge in [-0.2, -0.15) is 0 Å². The van der Waals surface area contributed by atoms with Crippen LogP contribution in [-0.2, 0) is 16.1 Å². The largest absolute Gasteiger partial charge is 0.465 e. The van der Waals surface area contributed by atoms with Crippen LogP contribution >= 0.6 is 0 Å². The van der Waals surface area contributed by atoms with Crippen molar-refractivity contribution in [1.82, 2.24) is 15.3 Å². The third-order valence-electron chi connectivity index (χ3n) is 6.10. The predicted octanol–water partition coefficient (Wildman–Crippen LogP) is 2.25. The Morgan fingerprint density at radius 1 is 1.19 bits per heavy atom. The van der Waals surface area contributed by atoms with Gasteiger partial charge in [-0.15, -0.1) is 0 Å². The Balaban J connectivity index is 1.57. The number of piperazine rings is 1. The molecule has 0 amide bonds. The van der Waals surface area contributed by atoms with Crippen LogP contribution in [0.25, 0.3) is 10.9 Å². The second-order valence-corrected chi connectivity index (χ2v) is 8.40. The van der Waals surface area contributed by atoms with Crippen LogP contribution in [0.1, 0.15) is 12.5 Å². The molecular formula is C24H26N6O6. The van der Waals surface area contributed by atoms with Crippen LogP contribution in [0.2, 0.25) is 0 Å². The molecule has 5 rings (SSSR count). The molecule has 12 heteroatoms. The number of aromatic nitrogens is 2. The number of hydrogen-bond acceptors (Lipinski definition) is 11. The van der Waals surface area contributed by atoms with Crippen LogP contribution in [0.3, 0.4) is 0 Å². The number of fused-ring (bicyclic) bond motifs is 2. The SMILES string of the molecule is CCOC(=O)CN(Cc1ccc2c(c1)OCO2)c1ncnc2cc(N3CCNCC3)c([N+](=O)[O-])cc12. The number of esters is 1. The lowest BCUT2D eigenvalue weighted by atomic mass is 10.1. The fourth-order valence-corrected chi connectivity index (χ4v) is 4.45. The number of carbonyl (C=O) groups is 1. The van der Waals surface area contributed by atoms with Gasteiger partial charge >= 0.3 is 5.97 Å². The van der Waals surface area contributed by atoms with Gasteiger partial charge < -0.3 is 29.3 Å². The van der Waals surface area contributed by atoms with Gasteiger partial charge in [-0.3, -0.25) is 14.9 Å². The molecule has 3 heterocycles. The van der Waals surface area contributed by atoms with E-state index in [1.54, 1.807) is 17.9 Å². The van der Waals surface area contributed by atoms with E-state index in [0.717, 1.165) is 18.7 Å². The molecule has 0 spiro atoms. The van der Waals surface area contributed by atoms with Gasteiger partial charge in [-0.1, -0.05) is 6.07 Å². The molecule has 3 aromatic rings. The normalized spacial score (nSPS) is 14.6. The van der Waals surface area contributed by atoms with Crippen molar-refractivity contribution in [3.8, 4) is 11.5 Å². The highest BCUT2D eigenvalue weighted by atomic mass is 16.7. The van der Waals surface area contributed by atoms with E-state index in [9.17, 15) is 14.9 Å². The van der Waals surface area contributed by atoms with Gasteiger partial charge in [0.15, 0.2) is 11.5 Å². The van der Waals surface area contributed by atoms with Crippen molar-refractivity contribution in [3.05, 3.63) is 52.3 Å². The average Bonchev–Trinajstić information content (AvgIpc) is 3.36. The molecule has 36 heavy (non-hydrogen) atoms. The van der Waals surface area contributed by atoms with Crippen LogP contribution in [0, 0.1) is 10.1 Å². The van der Waals surface area contributed by atoms with E-state index in [2.05, 4.69) is 15.3 Å². The smallest absolute Gasteiger partial charge is 0.325 e. The van der Waals surface area contributed by atoms with Crippen LogP contribution in [0.15, 0.2) is 36.7 Å². The standard InChI is InChI=1S/C24H26N6O6/c1-2-34-23(31)13-29(12-16-3-4-21-22(9-16)36-15-35-21)24-17-10-20(30(32)33)19(11-18(17)26-14-27-24)28-7-5-25-6-8-28/h3-4,9-11,14,25H,2,5-8,12-13,15H2,1H3. The Hall–Kier alpha value is -4.19. The second kappa shape index (κ2) is 10.2. The van der Waals surface area contributed by atoms with Crippen molar-refractivity contribution < 1.29 is 23.9 Å². The summed E-state index contributed by atoms with van der Waals surface area (Å²) < 4.78 is 16.1. The van der Waals surface area contributed by atoms with E-state index < -0.39 is 5.97 Å². The number of benzene rings is 2. The van der Waals surface area contributed by atoms with Crippen molar-refractivity contribution in [2.45, 2.75) is 13.5 Å². The predicted molar refractivity (Wildman–Crippen MR) is 132 cm³/mol. The lowest BCUT2D eigenvalue weighted by Crippen LogP contribution is -2.43. The Bertz CT molecular complexity index is 1300. The summed E-state index contributed by atoms with van der Waals surface area (Å²) in [4.78, 5) is 36.7. The Labute approximate surface area is 206 Å². The Kier molecular flexibility index (Phi) is 6.67. The van der Waals surface area contributed by atoms with E-state index in [1.165, 1.54) is 12.4 Å². The lowest BCUT2D eigenvalue weighted by molar-refractivity contribution is -0.384. The monoisotopic (exact) mass is 494 g/mol. The number of nitro benzene ring substituents is 1. The first kappa shape index (κ1) is 23.5. The molecule has 0 saturated carbocycles. The van der Waals surface area contributed by atoms with Gasteiger partial charge in [0.05, 0.1) is 17.0 Å². The molecule has 12 nitrogen and oxygen atoms in total. The maximum atomic E-state index is 12.5. The summed E-state index contributed by atoms with van der Waals surface area (Å²) in [5.41, 5.74) is 1.90. The zero-order chi connectivity index (χ0) is 25.1. The molecule has 2 aromatic carbocycles. The summed E-state index contributed by atoms with van der Waals surface area (Å²) in [5, 5.41) is 15.8. The van der Waals surface area contributed by atoms with E-state index >= 15 is 0 Å². The zero-order valence-corrected chi connectivity index (χ0v) is 19.8. The first-order valence-electron chi connectivity index (χ1n) is 11.7. The molecule has 2 aliphatic rings. The summed E-state index contributed by atoms with van der Waals surface area (Å²) in [5.74, 6) is 1.24. The average molecular weight is 495 g/mol. The molecule has 0 atom stereocenters. The third kappa shape index (κ3) is 4.80. The third-order valence-corrected chi connectivity index (χ3v) is 6.10. The van der Waals surface area contributed by atoms with Crippen molar-refractivity contribution in [3.63, 3.8) is 0 Å². The van der Waals surface area contributed by atoms with Crippen molar-refractivity contribution in [2.75, 3.05) is 55.9 Å². The number of nitrogens with zero attached hydrogens (tertiary/aromatic N) is 5. The quantitative estimate of drug-likeness (QED) is 0.281. The zero-order valence-electron chi connectivity index (χ0n) is 19.8. The molecule has 1 saturated heterocycles. The highest BCUT2D eigenvalue weighted by Crippen LogP contribution is 2.37. The summed E-state index contributed by atoms with van der Waals surface area (Å²) in [6, 6.07) is 8.75. The second-order valence-electron chi connectivity index (χ2n) is 8.40. The van der Waals surface area contributed by atoms with Crippen molar-refractivity contribution in [1.29, 1.82) is 0 Å². The van der Waals surface area contributed by atoms with Crippen LogP contribution in [0.4, 0.5) is 17.2 Å². The minimum atomic E-state index is -0.433. The minimum absolute atomic E-state index is 0.0281. The molecule has 0 radical (unpaired) electrons. The van der Waals surface area contributed by atoms with E-state index in [-0.39, 0.29) is 37.1 Å². The van der Waals surface area contributed by atoms with E-state index in [4.69, 9.17) is 14.2 Å². The number of anilines is 2. The number of nitrogens with one attached hydrogen (secondary N) is 1. The minimum Gasteiger partial charge on any atom is -0.465 e. The summed E-state index contributed by atoms with van der Waals surface area (Å²) in [6.07, 6.45) is 1.41. The van der Waals surface area contributed by atoms with Gasteiger partial charge in [-0.25, -0.2) is 9.97 Å². The van der Waals surface area contributed by atoms with Crippen LogP contribution in [0.5, 0.6) is 11.5 Å². The molecule has 2 aliphatic heterocycles. The highest BCUT2D eigenvalue weighted by Gasteiger charge is 2.26. The molecule has 188 valence electrons. The van der Waals surface area contributed by atoms with E-state index in [1.807, 2.05) is 23.1 Å². The summed E-state index contributed by atoms with van der Waals surface area (Å²) in [7, 11) is 0. The molecular weight excluding hydrogens is 468 g/mol. The Morgan fingerprint density at radius 2 is 2.00 bits per heavy atom. The summed E-state index contributed by atoms with van der Waals surface area (Å²) >= 11 is 0. The number of carbonyl (C=O) groups excluding carboxylic acids is 1. The van der Waals surface area contributed by atoms with Gasteiger partial charge in [-0.05, 0) is 30.7 Å². The topological polar surface area (TPSA) is 132 Å². The maximum Gasteiger partial charge on any atom is 0.325 e. The maximum absolute atomic E-state index is 12.5. The van der Waals surface area contributed by atoms with Crippen LogP contribution < -0.4 is 24.6 Å². The van der Waals surface area contributed by atoms with Gasteiger partial charge in [0.25, 0.3) is 5.69 Å². The molecule has 1 aromatic heterocycles. The summed E-state index contributed by atoms with van der Waals surface area (Å²) in [6.45, 7) is 5.12. The molecule has 1 fully saturated rings. The van der Waals surface area contributed by atoms with Gasteiger partial charge in [0, 0.05) is 44.2 Å². The molecule has 0 aliphatic carbocycles. The number of nitro groups is 1. The number of rotatable bonds is 8. The van der Waals surface area contributed by atoms with Gasteiger partial charge in [0.1, 0.15) is 24.4 Å². The first-order chi connectivity index (χ1) is 17.5. The fraction of sp³-hybridized carbons (Fsp3) is 0.375. The van der Waals surface area contributed by atoms with Crippen molar-refractivity contribution in [2.24, 2.45) is 0 Å². The molecule has 0 unspecified atom stereocenters. The fourth-order valence-electron chi connectivity index (χ4n) is 4.45. The molecule has 1 N–H and O–H groups in total. The lowest BCUT2D eigenvalue weighted by Gasteiger charge is -2.29.